The molecule has 0 saturated heterocycles. The number of benzene rings is 4. The number of fused-ring (bicyclic) bond motifs is 1. The van der Waals surface area contributed by atoms with Crippen molar-refractivity contribution in [3.05, 3.63) is 95.0 Å². The largest absolute Gasteiger partial charge is 0.507 e. The summed E-state index contributed by atoms with van der Waals surface area (Å²) in [6, 6.07) is 21.4. The Bertz CT molecular complexity index is 1590. The molecule has 0 aromatic heterocycles. The first-order valence-corrected chi connectivity index (χ1v) is 13.0. The molecule has 190 valence electrons. The van der Waals surface area contributed by atoms with E-state index >= 15 is 0 Å². The molecule has 0 unspecified atom stereocenters. The zero-order chi connectivity index (χ0) is 26.6. The number of amides is 1. The zero-order valence-corrected chi connectivity index (χ0v) is 21.6. The van der Waals surface area contributed by atoms with Gasteiger partial charge in [-0.2, -0.15) is 5.10 Å². The molecule has 4 aromatic carbocycles. The fraction of sp³-hybridized carbons (Fsp3) is 0.111. The molecule has 0 aliphatic rings. The lowest BCUT2D eigenvalue weighted by Gasteiger charge is -2.24. The van der Waals surface area contributed by atoms with Gasteiger partial charge in [-0.3, -0.25) is 9.10 Å². The van der Waals surface area contributed by atoms with Gasteiger partial charge >= 0.3 is 0 Å². The smallest absolute Gasteiger partial charge is 0.264 e. The number of anilines is 1. The Balaban J connectivity index is 1.62. The number of nitrogens with zero attached hydrogens (tertiary/aromatic N) is 2. The van der Waals surface area contributed by atoms with Gasteiger partial charge in [0.1, 0.15) is 18.0 Å². The minimum atomic E-state index is -4.13. The molecule has 0 radical (unpaired) electrons. The second-order valence-corrected chi connectivity index (χ2v) is 10.4. The Morgan fingerprint density at radius 3 is 2.51 bits per heavy atom. The third-order valence-corrected chi connectivity index (χ3v) is 7.73. The van der Waals surface area contributed by atoms with Crippen LogP contribution in [0.2, 0.25) is 5.02 Å². The molecule has 1 amide bonds. The van der Waals surface area contributed by atoms with E-state index in [0.717, 1.165) is 20.6 Å². The third kappa shape index (κ3) is 5.68. The zero-order valence-electron chi connectivity index (χ0n) is 20.1. The van der Waals surface area contributed by atoms with Crippen LogP contribution in [-0.4, -0.2) is 39.3 Å². The van der Waals surface area contributed by atoms with Crippen molar-refractivity contribution in [1.29, 1.82) is 0 Å². The molecule has 10 heteroatoms. The van der Waals surface area contributed by atoms with E-state index < -0.39 is 22.5 Å². The number of nitrogens with one attached hydrogen (secondary N) is 1. The number of hydrogen-bond donors (Lipinski definition) is 2. The van der Waals surface area contributed by atoms with Gasteiger partial charge in [-0.1, -0.05) is 59.6 Å². The maximum Gasteiger partial charge on any atom is 0.264 e. The van der Waals surface area contributed by atoms with Gasteiger partial charge in [-0.15, -0.1) is 0 Å². The second-order valence-electron chi connectivity index (χ2n) is 8.16. The van der Waals surface area contributed by atoms with Crippen molar-refractivity contribution >= 4 is 50.2 Å². The Labute approximate surface area is 219 Å². The van der Waals surface area contributed by atoms with Crippen molar-refractivity contribution in [3.8, 4) is 11.5 Å². The van der Waals surface area contributed by atoms with E-state index in [2.05, 4.69) is 10.5 Å². The molecule has 0 fully saturated rings. The highest BCUT2D eigenvalue weighted by atomic mass is 35.5. The quantitative estimate of drug-likeness (QED) is 0.246. The summed E-state index contributed by atoms with van der Waals surface area (Å²) in [4.78, 5) is 12.9. The van der Waals surface area contributed by atoms with Crippen molar-refractivity contribution in [1.82, 2.24) is 5.43 Å². The lowest BCUT2D eigenvalue weighted by Crippen LogP contribution is -2.39. The Hall–Kier alpha value is -4.08. The first kappa shape index (κ1) is 26.0. The molecule has 4 aromatic rings. The summed E-state index contributed by atoms with van der Waals surface area (Å²) >= 11 is 6.25. The Morgan fingerprint density at radius 2 is 1.81 bits per heavy atom. The van der Waals surface area contributed by atoms with Gasteiger partial charge in [-0.05, 0) is 54.1 Å². The Kier molecular flexibility index (Phi) is 7.66. The molecule has 8 nitrogen and oxygen atoms in total. The molecule has 4 rings (SSSR count). The van der Waals surface area contributed by atoms with Crippen molar-refractivity contribution in [2.45, 2.75) is 11.8 Å². The molecular formula is C27H24ClN3O5S. The molecule has 0 aliphatic carbocycles. The van der Waals surface area contributed by atoms with E-state index in [0.29, 0.717) is 11.3 Å². The fourth-order valence-corrected chi connectivity index (χ4v) is 5.38. The number of aromatic hydroxyl groups is 1. The average Bonchev–Trinajstić information content (AvgIpc) is 2.88. The lowest BCUT2D eigenvalue weighted by molar-refractivity contribution is -0.119. The highest BCUT2D eigenvalue weighted by Gasteiger charge is 2.28. The summed E-state index contributed by atoms with van der Waals surface area (Å²) in [5, 5.41) is 16.1. The van der Waals surface area contributed by atoms with Crippen LogP contribution in [-0.2, 0) is 14.8 Å². The van der Waals surface area contributed by atoms with Crippen LogP contribution in [0.3, 0.4) is 0 Å². The molecule has 0 aliphatic heterocycles. The summed E-state index contributed by atoms with van der Waals surface area (Å²) in [5.41, 5.74) is 3.84. The van der Waals surface area contributed by atoms with E-state index in [-0.39, 0.29) is 21.4 Å². The van der Waals surface area contributed by atoms with Crippen molar-refractivity contribution in [3.63, 3.8) is 0 Å². The molecule has 0 heterocycles. The van der Waals surface area contributed by atoms with Crippen molar-refractivity contribution < 1.29 is 23.1 Å². The van der Waals surface area contributed by atoms with Gasteiger partial charge in [0.2, 0.25) is 0 Å². The lowest BCUT2D eigenvalue weighted by atomic mass is 10.0. The molecule has 0 spiro atoms. The minimum Gasteiger partial charge on any atom is -0.507 e. The van der Waals surface area contributed by atoms with Crippen LogP contribution in [0, 0.1) is 6.92 Å². The van der Waals surface area contributed by atoms with Gasteiger partial charge in [0, 0.05) is 5.56 Å². The predicted octanol–water partition coefficient (Wildman–Crippen LogP) is 4.86. The molecule has 0 atom stereocenters. The van der Waals surface area contributed by atoms with Crippen molar-refractivity contribution in [2.24, 2.45) is 5.10 Å². The first-order valence-electron chi connectivity index (χ1n) is 11.2. The number of rotatable bonds is 8. The number of aryl methyl sites for hydroxylation is 1. The molecule has 37 heavy (non-hydrogen) atoms. The number of carbonyl (C=O) groups is 1. The van der Waals surface area contributed by atoms with Gasteiger partial charge in [0.15, 0.2) is 0 Å². The number of hydrogen-bond acceptors (Lipinski definition) is 6. The summed E-state index contributed by atoms with van der Waals surface area (Å²) < 4.78 is 33.2. The van der Waals surface area contributed by atoms with E-state index in [9.17, 15) is 18.3 Å². The summed E-state index contributed by atoms with van der Waals surface area (Å²) in [7, 11) is -2.69. The molecular weight excluding hydrogens is 514 g/mol. The van der Waals surface area contributed by atoms with E-state index in [4.69, 9.17) is 16.3 Å². The number of carbonyl (C=O) groups excluding carboxylic acids is 1. The maximum atomic E-state index is 13.5. The van der Waals surface area contributed by atoms with Crippen LogP contribution >= 0.6 is 11.6 Å². The van der Waals surface area contributed by atoms with Gasteiger partial charge in [-0.25, -0.2) is 13.8 Å². The minimum absolute atomic E-state index is 0.00634. The summed E-state index contributed by atoms with van der Waals surface area (Å²) in [5.74, 6) is -0.339. The maximum absolute atomic E-state index is 13.5. The van der Waals surface area contributed by atoms with Gasteiger partial charge < -0.3 is 9.84 Å². The number of phenolic OH excluding ortho intramolecular Hbond substituents is 1. The van der Waals surface area contributed by atoms with E-state index in [1.165, 1.54) is 49.7 Å². The van der Waals surface area contributed by atoms with Crippen LogP contribution < -0.4 is 14.5 Å². The summed E-state index contributed by atoms with van der Waals surface area (Å²) in [6.07, 6.45) is 1.32. The first-order chi connectivity index (χ1) is 17.7. The monoisotopic (exact) mass is 537 g/mol. The molecule has 0 saturated carbocycles. The average molecular weight is 538 g/mol. The number of phenols is 1. The van der Waals surface area contributed by atoms with E-state index in [1.807, 2.05) is 31.2 Å². The fourth-order valence-electron chi connectivity index (χ4n) is 3.72. The molecule has 2 N–H and O–H groups in total. The van der Waals surface area contributed by atoms with Crippen LogP contribution in [0.5, 0.6) is 11.5 Å². The summed E-state index contributed by atoms with van der Waals surface area (Å²) in [6.45, 7) is 1.27. The Morgan fingerprint density at radius 1 is 1.08 bits per heavy atom. The number of methoxy groups -OCH3 is 1. The van der Waals surface area contributed by atoms with Crippen LogP contribution in [0.4, 0.5) is 5.69 Å². The number of hydrazone groups is 1. The number of sulfonamides is 1. The van der Waals surface area contributed by atoms with Crippen LogP contribution in [0.15, 0.2) is 88.9 Å². The van der Waals surface area contributed by atoms with Crippen LogP contribution in [0.25, 0.3) is 10.8 Å². The third-order valence-electron chi connectivity index (χ3n) is 5.65. The predicted molar refractivity (Wildman–Crippen MR) is 145 cm³/mol. The normalized spacial score (nSPS) is 11.5. The topological polar surface area (TPSA) is 108 Å². The standard InChI is InChI=1S/C27H24ClN3O5S/c1-18-7-11-21(12-8-18)37(34,35)31(20-10-14-26(36-2)24(28)15-20)17-27(33)30-29-16-23-22-6-4-3-5-19(22)9-13-25(23)32/h3-16,32H,17H2,1-2H3,(H,30,33)/b29-16-. The highest BCUT2D eigenvalue weighted by molar-refractivity contribution is 7.92. The van der Waals surface area contributed by atoms with Crippen LogP contribution in [0.1, 0.15) is 11.1 Å². The second kappa shape index (κ2) is 10.9. The van der Waals surface area contributed by atoms with E-state index in [1.54, 1.807) is 18.2 Å². The molecule has 0 bridgehead atoms. The highest BCUT2D eigenvalue weighted by Crippen LogP contribution is 2.32. The number of halogens is 1. The van der Waals surface area contributed by atoms with Crippen molar-refractivity contribution in [2.75, 3.05) is 18.0 Å². The number of ether oxygens (including phenoxy) is 1. The SMILES string of the molecule is COc1ccc(N(CC(=O)N/N=C\c2c(O)ccc3ccccc23)S(=O)(=O)c2ccc(C)cc2)cc1Cl. The van der Waals surface area contributed by atoms with Gasteiger partial charge in [0.25, 0.3) is 15.9 Å². The van der Waals surface area contributed by atoms with Gasteiger partial charge in [0.05, 0.1) is 28.9 Å².